The predicted octanol–water partition coefficient (Wildman–Crippen LogP) is 3.09. The van der Waals surface area contributed by atoms with E-state index in [-0.39, 0.29) is 18.4 Å². The number of benzene rings is 1. The minimum atomic E-state index is -0.222. The van der Waals surface area contributed by atoms with E-state index in [0.29, 0.717) is 23.2 Å². The summed E-state index contributed by atoms with van der Waals surface area (Å²) in [5.41, 5.74) is 1.59. The maximum absolute atomic E-state index is 12.0. The zero-order chi connectivity index (χ0) is 15.3. The van der Waals surface area contributed by atoms with Gasteiger partial charge in [0.25, 0.3) is 0 Å². The van der Waals surface area contributed by atoms with Crippen molar-refractivity contribution in [2.75, 3.05) is 18.4 Å². The number of hydrogen-bond acceptors (Lipinski definition) is 2. The number of nitrogens with one attached hydrogen (secondary N) is 1. The van der Waals surface area contributed by atoms with E-state index in [2.05, 4.69) is 5.32 Å². The number of rotatable bonds is 5. The monoisotopic (exact) mass is 296 g/mol. The highest BCUT2D eigenvalue weighted by Crippen LogP contribution is 2.19. The van der Waals surface area contributed by atoms with Crippen LogP contribution in [0.4, 0.5) is 5.69 Å². The molecule has 0 fully saturated rings. The molecule has 0 radical (unpaired) electrons. The minimum absolute atomic E-state index is 0.0546. The van der Waals surface area contributed by atoms with Crippen LogP contribution in [0, 0.1) is 12.8 Å². The second-order valence-electron chi connectivity index (χ2n) is 5.31. The Kier molecular flexibility index (Phi) is 6.02. The molecule has 20 heavy (non-hydrogen) atoms. The maximum atomic E-state index is 12.0. The van der Waals surface area contributed by atoms with Crippen LogP contribution < -0.4 is 5.32 Å². The van der Waals surface area contributed by atoms with E-state index in [0.717, 1.165) is 5.56 Å². The van der Waals surface area contributed by atoms with E-state index in [1.807, 2.05) is 26.8 Å². The van der Waals surface area contributed by atoms with E-state index >= 15 is 0 Å². The van der Waals surface area contributed by atoms with Crippen molar-refractivity contribution in [3.8, 4) is 0 Å². The summed E-state index contributed by atoms with van der Waals surface area (Å²) in [5.74, 6) is -0.00271. The molecule has 110 valence electrons. The van der Waals surface area contributed by atoms with Crippen LogP contribution in [0.25, 0.3) is 0 Å². The summed E-state index contributed by atoms with van der Waals surface area (Å²) in [7, 11) is 0. The fourth-order valence-electron chi connectivity index (χ4n) is 1.79. The van der Waals surface area contributed by atoms with Gasteiger partial charge in [0.15, 0.2) is 0 Å². The Labute approximate surface area is 125 Å². The molecule has 0 atom stereocenters. The third kappa shape index (κ3) is 5.21. The lowest BCUT2D eigenvalue weighted by atomic mass is 10.2. The molecule has 0 aliphatic heterocycles. The third-order valence-corrected chi connectivity index (χ3v) is 3.23. The van der Waals surface area contributed by atoms with Crippen LogP contribution in [0.2, 0.25) is 5.02 Å². The molecule has 0 aliphatic rings. The number of carbonyl (C=O) groups is 2. The molecule has 5 heteroatoms. The number of carbonyl (C=O) groups excluding carboxylic acids is 2. The Morgan fingerprint density at radius 1 is 1.35 bits per heavy atom. The van der Waals surface area contributed by atoms with Crippen molar-refractivity contribution in [2.24, 2.45) is 5.92 Å². The first-order valence-corrected chi connectivity index (χ1v) is 6.99. The van der Waals surface area contributed by atoms with Gasteiger partial charge in [-0.15, -0.1) is 0 Å². The van der Waals surface area contributed by atoms with Gasteiger partial charge in [-0.3, -0.25) is 9.59 Å². The van der Waals surface area contributed by atoms with Crippen LogP contribution in [0.1, 0.15) is 26.3 Å². The molecule has 1 rings (SSSR count). The van der Waals surface area contributed by atoms with Crippen molar-refractivity contribution in [1.82, 2.24) is 4.90 Å². The number of amides is 2. The minimum Gasteiger partial charge on any atom is -0.333 e. The van der Waals surface area contributed by atoms with E-state index in [4.69, 9.17) is 11.6 Å². The summed E-state index contributed by atoms with van der Waals surface area (Å²) in [6, 6.07) is 5.34. The molecule has 0 aromatic heterocycles. The Bertz CT molecular complexity index is 501. The Morgan fingerprint density at radius 2 is 2.00 bits per heavy atom. The quantitative estimate of drug-likeness (QED) is 0.908. The number of halogens is 1. The molecule has 0 spiro atoms. The number of hydrogen-bond donors (Lipinski definition) is 1. The smallest absolute Gasteiger partial charge is 0.243 e. The van der Waals surface area contributed by atoms with Gasteiger partial charge in [-0.05, 0) is 30.5 Å². The summed E-state index contributed by atoms with van der Waals surface area (Å²) in [4.78, 5) is 25.0. The second kappa shape index (κ2) is 7.29. The summed E-state index contributed by atoms with van der Waals surface area (Å²) >= 11 is 6.01. The first-order valence-electron chi connectivity index (χ1n) is 6.61. The lowest BCUT2D eigenvalue weighted by molar-refractivity contribution is -0.133. The fraction of sp³-hybridized carbons (Fsp3) is 0.467. The van der Waals surface area contributed by atoms with Gasteiger partial charge in [0.2, 0.25) is 11.8 Å². The fourth-order valence-corrected chi connectivity index (χ4v) is 1.97. The number of aryl methyl sites for hydroxylation is 1. The Balaban J connectivity index is 2.65. The Hall–Kier alpha value is -1.55. The van der Waals surface area contributed by atoms with Crippen molar-refractivity contribution >= 4 is 29.1 Å². The molecule has 4 nitrogen and oxygen atoms in total. The highest BCUT2D eigenvalue weighted by atomic mass is 35.5. The lowest BCUT2D eigenvalue weighted by Crippen LogP contribution is -2.38. The van der Waals surface area contributed by atoms with Gasteiger partial charge < -0.3 is 10.2 Å². The highest BCUT2D eigenvalue weighted by Gasteiger charge is 2.15. The van der Waals surface area contributed by atoms with E-state index < -0.39 is 0 Å². The van der Waals surface area contributed by atoms with Crippen molar-refractivity contribution in [1.29, 1.82) is 0 Å². The lowest BCUT2D eigenvalue weighted by Gasteiger charge is -2.22. The largest absolute Gasteiger partial charge is 0.333 e. The zero-order valence-electron chi connectivity index (χ0n) is 12.4. The van der Waals surface area contributed by atoms with Gasteiger partial charge in [0, 0.05) is 24.2 Å². The van der Waals surface area contributed by atoms with Gasteiger partial charge in [-0.2, -0.15) is 0 Å². The van der Waals surface area contributed by atoms with E-state index in [1.165, 1.54) is 11.8 Å². The molecule has 0 saturated carbocycles. The normalized spacial score (nSPS) is 10.5. The SMILES string of the molecule is CC(=O)N(CC(=O)Nc1ccc(C)c(Cl)c1)CC(C)C. The summed E-state index contributed by atoms with van der Waals surface area (Å²) in [5, 5.41) is 3.36. The van der Waals surface area contributed by atoms with Gasteiger partial charge in [-0.25, -0.2) is 0 Å². The van der Waals surface area contributed by atoms with E-state index in [1.54, 1.807) is 12.1 Å². The van der Waals surface area contributed by atoms with Crippen molar-refractivity contribution < 1.29 is 9.59 Å². The van der Waals surface area contributed by atoms with Crippen LogP contribution in [-0.4, -0.2) is 29.8 Å². The molecule has 2 amide bonds. The molecule has 1 aromatic carbocycles. The van der Waals surface area contributed by atoms with Gasteiger partial charge >= 0.3 is 0 Å². The summed E-state index contributed by atoms with van der Waals surface area (Å²) in [6.07, 6.45) is 0. The molecule has 0 unspecified atom stereocenters. The van der Waals surface area contributed by atoms with Crippen molar-refractivity contribution in [3.05, 3.63) is 28.8 Å². The molecule has 0 aliphatic carbocycles. The third-order valence-electron chi connectivity index (χ3n) is 2.82. The first kappa shape index (κ1) is 16.5. The molecular weight excluding hydrogens is 276 g/mol. The molecule has 0 saturated heterocycles. The van der Waals surface area contributed by atoms with E-state index in [9.17, 15) is 9.59 Å². The van der Waals surface area contributed by atoms with Crippen molar-refractivity contribution in [2.45, 2.75) is 27.7 Å². The van der Waals surface area contributed by atoms with Crippen molar-refractivity contribution in [3.63, 3.8) is 0 Å². The molecule has 0 bridgehead atoms. The topological polar surface area (TPSA) is 49.4 Å². The highest BCUT2D eigenvalue weighted by molar-refractivity contribution is 6.31. The van der Waals surface area contributed by atoms with Crippen LogP contribution in [0.5, 0.6) is 0 Å². The zero-order valence-corrected chi connectivity index (χ0v) is 13.1. The van der Waals surface area contributed by atoms with Crippen LogP contribution >= 0.6 is 11.6 Å². The average Bonchev–Trinajstić information content (AvgIpc) is 2.32. The van der Waals surface area contributed by atoms with Crippen LogP contribution in [-0.2, 0) is 9.59 Å². The van der Waals surface area contributed by atoms with Gasteiger partial charge in [0.1, 0.15) is 0 Å². The number of anilines is 1. The molecular formula is C15H21ClN2O2. The molecule has 1 N–H and O–H groups in total. The second-order valence-corrected chi connectivity index (χ2v) is 5.71. The predicted molar refractivity (Wildman–Crippen MR) is 81.9 cm³/mol. The Morgan fingerprint density at radius 3 is 2.50 bits per heavy atom. The standard InChI is InChI=1S/C15H21ClN2O2/c1-10(2)8-18(12(4)19)9-15(20)17-13-6-5-11(3)14(16)7-13/h5-7,10H,8-9H2,1-4H3,(H,17,20). The first-order chi connectivity index (χ1) is 9.29. The maximum Gasteiger partial charge on any atom is 0.243 e. The number of nitrogens with zero attached hydrogens (tertiary/aromatic N) is 1. The van der Waals surface area contributed by atoms with Crippen LogP contribution in [0.15, 0.2) is 18.2 Å². The van der Waals surface area contributed by atoms with Gasteiger partial charge in [-0.1, -0.05) is 31.5 Å². The summed E-state index contributed by atoms with van der Waals surface area (Å²) < 4.78 is 0. The van der Waals surface area contributed by atoms with Gasteiger partial charge in [0.05, 0.1) is 6.54 Å². The summed E-state index contributed by atoms with van der Waals surface area (Å²) in [6.45, 7) is 8.00. The van der Waals surface area contributed by atoms with Crippen LogP contribution in [0.3, 0.4) is 0 Å². The molecule has 0 heterocycles. The molecule has 1 aromatic rings. The average molecular weight is 297 g/mol.